The molecule has 32 nitrogen and oxygen atoms in total. The predicted octanol–water partition coefficient (Wildman–Crippen LogP) is -12.2. The molecule has 0 saturated carbocycles. The van der Waals surface area contributed by atoms with E-state index in [-0.39, 0.29) is 86.9 Å². The van der Waals surface area contributed by atoms with Gasteiger partial charge in [-0.1, -0.05) is 0 Å². The number of aliphatic imine (C=N–C) groups is 8. The fraction of sp³-hybridized carbons (Fsp3) is 0.789. The van der Waals surface area contributed by atoms with Crippen molar-refractivity contribution >= 4 is 47.7 Å². The first-order chi connectivity index (χ1) is 34.0. The highest BCUT2D eigenvalue weighted by atomic mass is 15.3. The summed E-state index contributed by atoms with van der Waals surface area (Å²) >= 11 is 0. The number of rotatable bonds is 41. The summed E-state index contributed by atoms with van der Waals surface area (Å²) in [4.78, 5) is 38.4. The molecule has 0 unspecified atom stereocenters. The van der Waals surface area contributed by atoms with E-state index in [0.717, 1.165) is 78.5 Å². The van der Waals surface area contributed by atoms with Gasteiger partial charge in [-0.3, -0.25) is 40.6 Å². The van der Waals surface area contributed by atoms with Crippen molar-refractivity contribution in [2.24, 2.45) is 109 Å². The predicted molar refractivity (Wildman–Crippen MR) is 291 cm³/mol. The second-order valence-electron chi connectivity index (χ2n) is 14.9. The van der Waals surface area contributed by atoms with Crippen LogP contribution < -0.4 is 122 Å². The normalized spacial score (nSPS) is 13.6. The quantitative estimate of drug-likeness (QED) is 0.0154. The monoisotopic (exact) mass is 999 g/mol. The zero-order valence-corrected chi connectivity index (χ0v) is 41.6. The molecule has 0 aliphatic heterocycles. The summed E-state index contributed by atoms with van der Waals surface area (Å²) < 4.78 is 0. The molecule has 32 heteroatoms. The van der Waals surface area contributed by atoms with Crippen LogP contribution in [0.25, 0.3) is 0 Å². The van der Waals surface area contributed by atoms with Gasteiger partial charge in [-0.15, -0.1) is 0 Å². The lowest BCUT2D eigenvalue weighted by Gasteiger charge is -2.28. The van der Waals surface area contributed by atoms with Crippen molar-refractivity contribution in [2.45, 2.75) is 0 Å². The molecule has 0 amide bonds. The minimum atomic E-state index is -0.00391. The Hall–Kier alpha value is -5.52. The lowest BCUT2D eigenvalue weighted by atomic mass is 10.4. The highest BCUT2D eigenvalue weighted by Crippen LogP contribution is 1.97. The van der Waals surface area contributed by atoms with Crippen molar-refractivity contribution in [2.75, 3.05) is 196 Å². The molecule has 0 saturated heterocycles. The Morgan fingerprint density at radius 1 is 0.286 bits per heavy atom. The van der Waals surface area contributed by atoms with Gasteiger partial charge in [0, 0.05) is 157 Å². The Morgan fingerprint density at radius 3 is 0.800 bits per heavy atom. The fourth-order valence-corrected chi connectivity index (χ4v) is 5.50. The van der Waals surface area contributed by atoms with Gasteiger partial charge in [0.25, 0.3) is 0 Å². The first-order valence-electron chi connectivity index (χ1n) is 23.9. The van der Waals surface area contributed by atoms with Crippen LogP contribution in [-0.4, -0.2) is 254 Å². The molecule has 0 atom stereocenters. The van der Waals surface area contributed by atoms with Crippen LogP contribution in [0.4, 0.5) is 0 Å². The average molecular weight is 999 g/mol. The number of guanidine groups is 8. The summed E-state index contributed by atoms with van der Waals surface area (Å²) in [6.45, 7) is 16.9. The van der Waals surface area contributed by atoms with Crippen LogP contribution in [0.3, 0.4) is 0 Å². The van der Waals surface area contributed by atoms with Crippen molar-refractivity contribution in [1.82, 2.24) is 63.0 Å². The summed E-state index contributed by atoms with van der Waals surface area (Å²) in [5.41, 5.74) is 72.0. The van der Waals surface area contributed by atoms with Crippen molar-refractivity contribution in [3.05, 3.63) is 0 Å². The van der Waals surface area contributed by atoms with Gasteiger partial charge in [-0.2, -0.15) is 9.98 Å². The standard InChI is InChI=1S/C38H94N32/c39-1-5-51-9-13-55-17-21-59-31(43)65-33(45)63-25-27-69(37(49)67-35(47)61-23-19-57-15-11-53-7-3-41)29-30-70(38(50)68-36(48)62-24-20-58-16-12-54-8-4-42)28-26-64-34(46)66-32(44)60-22-18-56-14-10-52-6-2-40/h51-58H,1-30,39-42H2,(H4,47,49,61,67)(H4,48,50,62,68)(H5,43,45,59,63,65)(H5,44,46,60,64,66). The Kier molecular flexibility index (Phi) is 43.5. The molecular formula is C38H94N32. The summed E-state index contributed by atoms with van der Waals surface area (Å²) in [7, 11) is 0. The van der Waals surface area contributed by atoms with Crippen LogP contribution in [0.15, 0.2) is 39.9 Å². The molecule has 0 aromatic heterocycles. The fourth-order valence-electron chi connectivity index (χ4n) is 5.50. The minimum absolute atomic E-state index is 0.00391. The molecule has 0 aromatic carbocycles. The summed E-state index contributed by atoms with van der Waals surface area (Å²) in [6.07, 6.45) is 0. The number of hydrogen-bond acceptors (Lipinski definition) is 18. The zero-order chi connectivity index (χ0) is 51.7. The largest absolute Gasteiger partial charge is 0.370 e. The molecule has 0 rings (SSSR count). The summed E-state index contributed by atoms with van der Waals surface area (Å²) in [5.74, 6) is 0.518. The average Bonchev–Trinajstić information content (AvgIpc) is 3.32. The van der Waals surface area contributed by atoms with Gasteiger partial charge in [0.2, 0.25) is 11.9 Å². The Balaban J connectivity index is 6.11. The van der Waals surface area contributed by atoms with Crippen LogP contribution in [0.1, 0.15) is 0 Å². The molecule has 70 heavy (non-hydrogen) atoms. The van der Waals surface area contributed by atoms with E-state index in [1.54, 1.807) is 9.80 Å². The summed E-state index contributed by atoms with van der Waals surface area (Å²) in [5, 5.41) is 31.5. The maximum atomic E-state index is 6.56. The van der Waals surface area contributed by atoms with E-state index in [0.29, 0.717) is 78.5 Å². The van der Waals surface area contributed by atoms with Crippen LogP contribution in [0.5, 0.6) is 0 Å². The SMILES string of the molecule is NCCNCCNCCN=C(N)N=C(N)N(CCN=C(N)NC(N)=NCCNCCNCCN)CCN(CCN=C(N)NC(N)=NCCNCCNCCN)C(N)=NC(N)=NCCNCCNCCN. The molecule has 34 N–H and O–H groups in total. The van der Waals surface area contributed by atoms with Crippen molar-refractivity contribution in [1.29, 1.82) is 0 Å². The second kappa shape index (κ2) is 47.2. The maximum absolute atomic E-state index is 6.56. The van der Waals surface area contributed by atoms with Crippen LogP contribution in [-0.2, 0) is 0 Å². The van der Waals surface area contributed by atoms with Gasteiger partial charge in [0.15, 0.2) is 35.8 Å². The molecule has 0 aromatic rings. The lowest BCUT2D eigenvalue weighted by Crippen LogP contribution is -2.48. The van der Waals surface area contributed by atoms with E-state index in [2.05, 4.69) is 93.1 Å². The molecule has 0 aliphatic carbocycles. The molecule has 406 valence electrons. The number of nitrogens with two attached hydrogens (primary N) is 12. The van der Waals surface area contributed by atoms with E-state index in [9.17, 15) is 0 Å². The van der Waals surface area contributed by atoms with Crippen molar-refractivity contribution in [3.63, 3.8) is 0 Å². The van der Waals surface area contributed by atoms with Gasteiger partial charge >= 0.3 is 0 Å². The zero-order valence-electron chi connectivity index (χ0n) is 41.6. The Morgan fingerprint density at radius 2 is 0.529 bits per heavy atom. The molecule has 0 heterocycles. The third kappa shape index (κ3) is 41.5. The van der Waals surface area contributed by atoms with Crippen molar-refractivity contribution < 1.29 is 0 Å². The summed E-state index contributed by atoms with van der Waals surface area (Å²) in [6, 6.07) is 0. The Labute approximate surface area is 415 Å². The first-order valence-corrected chi connectivity index (χ1v) is 23.9. The molecular weight excluding hydrogens is 905 g/mol. The van der Waals surface area contributed by atoms with E-state index < -0.39 is 0 Å². The van der Waals surface area contributed by atoms with Gasteiger partial charge < -0.3 is 121 Å². The molecule has 0 fully saturated rings. The number of nitrogens with one attached hydrogen (secondary N) is 10. The Bertz CT molecular complexity index is 1400. The van der Waals surface area contributed by atoms with E-state index in [1.165, 1.54) is 0 Å². The third-order valence-electron chi connectivity index (χ3n) is 9.03. The minimum Gasteiger partial charge on any atom is -0.370 e. The third-order valence-corrected chi connectivity index (χ3v) is 9.03. The number of nitrogens with zero attached hydrogens (tertiary/aromatic N) is 10. The van der Waals surface area contributed by atoms with Crippen LogP contribution in [0, 0.1) is 0 Å². The number of hydrogen-bond donors (Lipinski definition) is 22. The molecule has 0 bridgehead atoms. The maximum Gasteiger partial charge on any atom is 0.218 e. The van der Waals surface area contributed by atoms with Gasteiger partial charge in [-0.05, 0) is 0 Å². The van der Waals surface area contributed by atoms with Crippen LogP contribution in [0.2, 0.25) is 0 Å². The smallest absolute Gasteiger partial charge is 0.218 e. The molecule has 0 aliphatic rings. The van der Waals surface area contributed by atoms with Gasteiger partial charge in [0.05, 0.1) is 39.3 Å². The highest BCUT2D eigenvalue weighted by molar-refractivity contribution is 5.98. The lowest BCUT2D eigenvalue weighted by molar-refractivity contribution is 0.343. The highest BCUT2D eigenvalue weighted by Gasteiger charge is 2.15. The van der Waals surface area contributed by atoms with E-state index >= 15 is 0 Å². The van der Waals surface area contributed by atoms with Crippen molar-refractivity contribution in [3.8, 4) is 0 Å². The first kappa shape index (κ1) is 64.5. The molecule has 0 spiro atoms. The van der Waals surface area contributed by atoms with Gasteiger partial charge in [-0.25, -0.2) is 0 Å². The second-order valence-corrected chi connectivity index (χ2v) is 14.9. The topological polar surface area (TPSA) is 538 Å². The van der Waals surface area contributed by atoms with E-state index in [4.69, 9.17) is 68.8 Å². The van der Waals surface area contributed by atoms with Crippen LogP contribution >= 0.6 is 0 Å². The molecule has 0 radical (unpaired) electrons. The van der Waals surface area contributed by atoms with E-state index in [1.807, 2.05) is 0 Å². The van der Waals surface area contributed by atoms with Gasteiger partial charge in [0.1, 0.15) is 0 Å².